The minimum Gasteiger partial charge on any atom is -0.392 e. The molecule has 2 aromatic carbocycles. The van der Waals surface area contributed by atoms with Gasteiger partial charge in [0.15, 0.2) is 11.5 Å². The third-order valence-corrected chi connectivity index (χ3v) is 6.20. The van der Waals surface area contributed by atoms with E-state index in [2.05, 4.69) is 20.0 Å². The maximum Gasteiger partial charge on any atom is 0.240 e. The molecule has 8 nitrogen and oxygen atoms in total. The van der Waals surface area contributed by atoms with Crippen LogP contribution in [0.25, 0.3) is 27.8 Å². The number of sulfonamides is 1. The predicted octanol–water partition coefficient (Wildman–Crippen LogP) is 2.22. The second-order valence-corrected chi connectivity index (χ2v) is 8.83. The Kier molecular flexibility index (Phi) is 4.81. The standard InChI is InChI=1S/C20H21N5O3S/c1-12-8-9-15(29(27,28)21-11-13(2)26)10-18(12)20-23-22-19-17-7-5-4-6-16(17)14(3)24-25(19)20/h4-10,13,21,26H,11H2,1-3H3/t13-/m1/s1. The molecule has 2 heterocycles. The number of rotatable bonds is 5. The van der Waals surface area contributed by atoms with Crippen LogP contribution in [0.15, 0.2) is 47.4 Å². The van der Waals surface area contributed by atoms with E-state index in [0.717, 1.165) is 22.0 Å². The number of aryl methyl sites for hydroxylation is 2. The highest BCUT2D eigenvalue weighted by atomic mass is 32.2. The molecule has 0 aliphatic heterocycles. The summed E-state index contributed by atoms with van der Waals surface area (Å²) < 4.78 is 29.2. The lowest BCUT2D eigenvalue weighted by molar-refractivity contribution is 0.198. The zero-order chi connectivity index (χ0) is 20.8. The Hall–Kier alpha value is -2.88. The molecule has 0 radical (unpaired) electrons. The normalized spacial score (nSPS) is 13.2. The highest BCUT2D eigenvalue weighted by molar-refractivity contribution is 7.89. The van der Waals surface area contributed by atoms with E-state index in [1.807, 2.05) is 38.1 Å². The van der Waals surface area contributed by atoms with Gasteiger partial charge >= 0.3 is 0 Å². The molecule has 0 amide bonds. The van der Waals surface area contributed by atoms with Crippen LogP contribution in [0.2, 0.25) is 0 Å². The molecule has 4 aromatic rings. The number of hydrogen-bond acceptors (Lipinski definition) is 6. The molecule has 0 aliphatic rings. The Labute approximate surface area is 168 Å². The van der Waals surface area contributed by atoms with Crippen LogP contribution in [0, 0.1) is 13.8 Å². The van der Waals surface area contributed by atoms with Crippen molar-refractivity contribution in [3.05, 3.63) is 53.7 Å². The fraction of sp³-hybridized carbons (Fsp3) is 0.250. The number of nitrogens with one attached hydrogen (secondary N) is 1. The number of benzene rings is 2. The molecule has 0 fully saturated rings. The van der Waals surface area contributed by atoms with Gasteiger partial charge in [0.1, 0.15) is 0 Å². The Morgan fingerprint density at radius 3 is 2.55 bits per heavy atom. The van der Waals surface area contributed by atoms with Gasteiger partial charge in [0, 0.05) is 22.9 Å². The second kappa shape index (κ2) is 7.18. The van der Waals surface area contributed by atoms with Gasteiger partial charge in [-0.1, -0.05) is 30.3 Å². The molecule has 0 unspecified atom stereocenters. The van der Waals surface area contributed by atoms with Gasteiger partial charge in [0.05, 0.1) is 16.7 Å². The molecule has 1 atom stereocenters. The van der Waals surface area contributed by atoms with Crippen LogP contribution in [0.1, 0.15) is 18.2 Å². The van der Waals surface area contributed by atoms with Crippen LogP contribution >= 0.6 is 0 Å². The quantitative estimate of drug-likeness (QED) is 0.521. The van der Waals surface area contributed by atoms with E-state index in [9.17, 15) is 13.5 Å². The number of nitrogens with zero attached hydrogens (tertiary/aromatic N) is 4. The third kappa shape index (κ3) is 3.48. The summed E-state index contributed by atoms with van der Waals surface area (Å²) >= 11 is 0. The molecule has 0 saturated carbocycles. The van der Waals surface area contributed by atoms with Crippen LogP contribution in [-0.4, -0.2) is 46.0 Å². The number of hydrogen-bond donors (Lipinski definition) is 2. The van der Waals surface area contributed by atoms with Crippen molar-refractivity contribution in [1.29, 1.82) is 0 Å². The monoisotopic (exact) mass is 411 g/mol. The molecule has 0 aliphatic carbocycles. The first-order valence-electron chi connectivity index (χ1n) is 9.17. The molecule has 2 N–H and O–H groups in total. The van der Waals surface area contributed by atoms with Gasteiger partial charge in [0.25, 0.3) is 0 Å². The highest BCUT2D eigenvalue weighted by Crippen LogP contribution is 2.28. The summed E-state index contributed by atoms with van der Waals surface area (Å²) in [6.07, 6.45) is -0.782. The Morgan fingerprint density at radius 1 is 1.10 bits per heavy atom. The lowest BCUT2D eigenvalue weighted by Gasteiger charge is -2.11. The van der Waals surface area contributed by atoms with Crippen LogP contribution in [0.3, 0.4) is 0 Å². The van der Waals surface area contributed by atoms with E-state index < -0.39 is 16.1 Å². The fourth-order valence-corrected chi connectivity index (χ4v) is 4.38. The molecule has 150 valence electrons. The minimum absolute atomic E-state index is 0.0633. The average molecular weight is 411 g/mol. The first-order valence-corrected chi connectivity index (χ1v) is 10.7. The van der Waals surface area contributed by atoms with Crippen molar-refractivity contribution in [1.82, 2.24) is 24.5 Å². The number of aliphatic hydroxyl groups excluding tert-OH is 1. The summed E-state index contributed by atoms with van der Waals surface area (Å²) in [5.41, 5.74) is 2.91. The van der Waals surface area contributed by atoms with E-state index in [1.165, 1.54) is 13.0 Å². The smallest absolute Gasteiger partial charge is 0.240 e. The maximum atomic E-state index is 12.6. The second-order valence-electron chi connectivity index (χ2n) is 7.07. The van der Waals surface area contributed by atoms with Gasteiger partial charge in [0.2, 0.25) is 10.0 Å². The van der Waals surface area contributed by atoms with E-state index in [4.69, 9.17) is 0 Å². The molecular weight excluding hydrogens is 390 g/mol. The van der Waals surface area contributed by atoms with Gasteiger partial charge < -0.3 is 5.11 Å². The Morgan fingerprint density at radius 2 is 1.83 bits per heavy atom. The van der Waals surface area contributed by atoms with Crippen molar-refractivity contribution in [3.8, 4) is 11.4 Å². The summed E-state index contributed by atoms with van der Waals surface area (Å²) in [6, 6.07) is 12.6. The van der Waals surface area contributed by atoms with Crippen molar-refractivity contribution >= 4 is 26.4 Å². The molecule has 0 saturated heterocycles. The maximum absolute atomic E-state index is 12.6. The third-order valence-electron chi connectivity index (χ3n) is 4.78. The summed E-state index contributed by atoms with van der Waals surface area (Å²) in [5, 5.41) is 24.6. The molecule has 0 bridgehead atoms. The fourth-order valence-electron chi connectivity index (χ4n) is 3.23. The first-order chi connectivity index (χ1) is 13.8. The molecule has 2 aromatic heterocycles. The van der Waals surface area contributed by atoms with Crippen molar-refractivity contribution in [2.45, 2.75) is 31.8 Å². The zero-order valence-electron chi connectivity index (χ0n) is 16.3. The van der Waals surface area contributed by atoms with Crippen molar-refractivity contribution in [2.24, 2.45) is 0 Å². The molecule has 9 heteroatoms. The predicted molar refractivity (Wildman–Crippen MR) is 110 cm³/mol. The molecule has 4 rings (SSSR count). The van der Waals surface area contributed by atoms with Crippen LogP contribution in [-0.2, 0) is 10.0 Å². The lowest BCUT2D eigenvalue weighted by atomic mass is 10.1. The van der Waals surface area contributed by atoms with Gasteiger partial charge in [-0.15, -0.1) is 10.2 Å². The highest BCUT2D eigenvalue weighted by Gasteiger charge is 2.20. The summed E-state index contributed by atoms with van der Waals surface area (Å²) in [5.74, 6) is 0.471. The van der Waals surface area contributed by atoms with Crippen LogP contribution in [0.5, 0.6) is 0 Å². The van der Waals surface area contributed by atoms with Gasteiger partial charge in [-0.25, -0.2) is 13.1 Å². The topological polar surface area (TPSA) is 109 Å². The van der Waals surface area contributed by atoms with E-state index in [-0.39, 0.29) is 11.4 Å². The first kappa shape index (κ1) is 19.4. The van der Waals surface area contributed by atoms with E-state index in [1.54, 1.807) is 16.6 Å². The largest absolute Gasteiger partial charge is 0.392 e. The molecule has 0 spiro atoms. The van der Waals surface area contributed by atoms with Crippen LogP contribution < -0.4 is 4.72 Å². The number of aliphatic hydroxyl groups is 1. The van der Waals surface area contributed by atoms with Gasteiger partial charge in [-0.3, -0.25) is 0 Å². The zero-order valence-corrected chi connectivity index (χ0v) is 17.1. The summed E-state index contributed by atoms with van der Waals surface area (Å²) in [7, 11) is -3.77. The summed E-state index contributed by atoms with van der Waals surface area (Å²) in [4.78, 5) is 0.0908. The SMILES string of the molecule is Cc1ccc(S(=O)(=O)NC[C@@H](C)O)cc1-c1nnc2c3ccccc3c(C)nn12. The minimum atomic E-state index is -3.77. The van der Waals surface area contributed by atoms with Crippen LogP contribution in [0.4, 0.5) is 0 Å². The van der Waals surface area contributed by atoms with Gasteiger partial charge in [-0.2, -0.15) is 9.61 Å². The molecule has 29 heavy (non-hydrogen) atoms. The Balaban J connectivity index is 1.88. The average Bonchev–Trinajstić information content (AvgIpc) is 3.10. The summed E-state index contributed by atoms with van der Waals surface area (Å²) in [6.45, 7) is 5.25. The van der Waals surface area contributed by atoms with Crippen molar-refractivity contribution in [3.63, 3.8) is 0 Å². The molecular formula is C20H21N5O3S. The lowest BCUT2D eigenvalue weighted by Crippen LogP contribution is -2.30. The Bertz CT molecular complexity index is 1330. The van der Waals surface area contributed by atoms with E-state index >= 15 is 0 Å². The van der Waals surface area contributed by atoms with Gasteiger partial charge in [-0.05, 0) is 38.5 Å². The van der Waals surface area contributed by atoms with E-state index in [0.29, 0.717) is 17.0 Å². The number of aromatic nitrogens is 4. The number of fused-ring (bicyclic) bond motifs is 3. The van der Waals surface area contributed by atoms with Crippen molar-refractivity contribution in [2.75, 3.05) is 6.54 Å². The van der Waals surface area contributed by atoms with Crippen molar-refractivity contribution < 1.29 is 13.5 Å².